The average molecular weight is 444 g/mol. The number of hydrogen-bond acceptors (Lipinski definition) is 5. The summed E-state index contributed by atoms with van der Waals surface area (Å²) in [6.07, 6.45) is 0. The number of morpholine rings is 1. The number of aromatic nitrogens is 1. The summed E-state index contributed by atoms with van der Waals surface area (Å²) in [6.45, 7) is 4.56. The van der Waals surface area contributed by atoms with Gasteiger partial charge in [-0.05, 0) is 18.6 Å². The number of aryl methyl sites for hydroxylation is 1. The molecule has 0 spiro atoms. The predicted octanol–water partition coefficient (Wildman–Crippen LogP) is 4.13. The van der Waals surface area contributed by atoms with Gasteiger partial charge < -0.3 is 18.6 Å². The first kappa shape index (κ1) is 20.7. The first-order chi connectivity index (χ1) is 15.7. The highest BCUT2D eigenvalue weighted by Crippen LogP contribution is 2.46. The molecule has 0 aliphatic carbocycles. The lowest BCUT2D eigenvalue weighted by Crippen LogP contribution is -2.39. The van der Waals surface area contributed by atoms with Crippen LogP contribution >= 0.6 is 7.14 Å². The fourth-order valence-corrected chi connectivity index (χ4v) is 6.74. The first-order valence-electron chi connectivity index (χ1n) is 10.8. The molecular formula is C26H25N2O3P. The Morgan fingerprint density at radius 1 is 0.812 bits per heavy atom. The van der Waals surface area contributed by atoms with Crippen molar-refractivity contribution >= 4 is 29.1 Å². The largest absolute Gasteiger partial charge is 0.420 e. The topological polar surface area (TPSA) is 55.6 Å². The van der Waals surface area contributed by atoms with Crippen molar-refractivity contribution in [2.75, 3.05) is 31.2 Å². The van der Waals surface area contributed by atoms with Crippen LogP contribution < -0.4 is 20.9 Å². The second-order valence-corrected chi connectivity index (χ2v) is 10.5. The van der Waals surface area contributed by atoms with Crippen molar-refractivity contribution in [3.63, 3.8) is 0 Å². The summed E-state index contributed by atoms with van der Waals surface area (Å²) in [4.78, 5) is 7.03. The van der Waals surface area contributed by atoms with Gasteiger partial charge in [-0.25, -0.2) is 4.98 Å². The SMILES string of the molecule is Cc1ccccc1-c1nc(P(=O)(c2ccccc2)c2ccccc2)c(N2CCOCC2)o1. The van der Waals surface area contributed by atoms with E-state index in [4.69, 9.17) is 14.1 Å². The number of oxazole rings is 1. The van der Waals surface area contributed by atoms with Gasteiger partial charge in [-0.1, -0.05) is 78.9 Å². The molecule has 1 aromatic heterocycles. The van der Waals surface area contributed by atoms with Crippen LogP contribution in [-0.2, 0) is 9.30 Å². The Balaban J connectivity index is 1.77. The standard InChI is InChI=1S/C26H25N2O3P/c1-20-10-8-9-15-23(20)24-27-25(26(31-24)28-16-18-30-19-17-28)32(29,21-11-4-2-5-12-21)22-13-6-3-7-14-22/h2-15H,16-19H2,1H3. The molecule has 162 valence electrons. The molecule has 1 saturated heterocycles. The Bertz CT molecular complexity index is 1210. The zero-order chi connectivity index (χ0) is 22.0. The molecule has 4 aromatic rings. The molecular weight excluding hydrogens is 419 g/mol. The van der Waals surface area contributed by atoms with E-state index in [9.17, 15) is 0 Å². The normalized spacial score (nSPS) is 14.5. The second kappa shape index (κ2) is 8.78. The van der Waals surface area contributed by atoms with Crippen molar-refractivity contribution in [1.82, 2.24) is 4.98 Å². The summed E-state index contributed by atoms with van der Waals surface area (Å²) < 4.78 is 27.0. The molecule has 1 fully saturated rings. The molecule has 0 N–H and O–H groups in total. The molecule has 0 bridgehead atoms. The highest BCUT2D eigenvalue weighted by atomic mass is 31.2. The molecule has 2 heterocycles. The van der Waals surface area contributed by atoms with Gasteiger partial charge in [-0.15, -0.1) is 0 Å². The summed E-state index contributed by atoms with van der Waals surface area (Å²) in [5, 5.41) is 1.48. The Labute approximate surface area is 188 Å². The van der Waals surface area contributed by atoms with Crippen molar-refractivity contribution in [2.45, 2.75) is 6.92 Å². The number of rotatable bonds is 5. The smallest absolute Gasteiger partial charge is 0.229 e. The Kier molecular flexibility index (Phi) is 5.69. The zero-order valence-electron chi connectivity index (χ0n) is 18.0. The van der Waals surface area contributed by atoms with Gasteiger partial charge in [0.2, 0.25) is 11.8 Å². The zero-order valence-corrected chi connectivity index (χ0v) is 18.9. The van der Waals surface area contributed by atoms with Gasteiger partial charge in [0.05, 0.1) is 13.2 Å². The third kappa shape index (κ3) is 3.68. The minimum absolute atomic E-state index is 0.492. The van der Waals surface area contributed by atoms with E-state index in [1.165, 1.54) is 0 Å². The van der Waals surface area contributed by atoms with Crippen LogP contribution in [0.15, 0.2) is 89.3 Å². The summed E-state index contributed by atoms with van der Waals surface area (Å²) >= 11 is 0. The van der Waals surface area contributed by atoms with Gasteiger partial charge >= 0.3 is 0 Å². The van der Waals surface area contributed by atoms with Crippen LogP contribution in [-0.4, -0.2) is 31.3 Å². The quantitative estimate of drug-likeness (QED) is 0.434. The minimum Gasteiger partial charge on any atom is -0.420 e. The van der Waals surface area contributed by atoms with E-state index in [-0.39, 0.29) is 0 Å². The van der Waals surface area contributed by atoms with Crippen LogP contribution in [0.3, 0.4) is 0 Å². The van der Waals surface area contributed by atoms with E-state index in [2.05, 4.69) is 4.90 Å². The van der Waals surface area contributed by atoms with Gasteiger partial charge in [-0.2, -0.15) is 0 Å². The van der Waals surface area contributed by atoms with Crippen LogP contribution in [0.4, 0.5) is 5.88 Å². The maximum atomic E-state index is 15.0. The van der Waals surface area contributed by atoms with Crippen molar-refractivity contribution in [3.8, 4) is 11.5 Å². The molecule has 1 aliphatic heterocycles. The summed E-state index contributed by atoms with van der Waals surface area (Å²) in [5.74, 6) is 1.06. The Morgan fingerprint density at radius 3 is 1.97 bits per heavy atom. The van der Waals surface area contributed by atoms with Crippen LogP contribution in [0.2, 0.25) is 0 Å². The summed E-state index contributed by atoms with van der Waals surface area (Å²) in [6, 6.07) is 27.2. The van der Waals surface area contributed by atoms with E-state index in [1.807, 2.05) is 91.9 Å². The maximum absolute atomic E-state index is 15.0. The maximum Gasteiger partial charge on any atom is 0.229 e. The Morgan fingerprint density at radius 2 is 1.38 bits per heavy atom. The third-order valence-electron chi connectivity index (χ3n) is 5.80. The average Bonchev–Trinajstić information content (AvgIpc) is 3.31. The molecule has 0 amide bonds. The molecule has 32 heavy (non-hydrogen) atoms. The number of nitrogens with zero attached hydrogens (tertiary/aromatic N) is 2. The molecule has 3 aromatic carbocycles. The lowest BCUT2D eigenvalue weighted by Gasteiger charge is -2.28. The van der Waals surface area contributed by atoms with E-state index in [1.54, 1.807) is 0 Å². The van der Waals surface area contributed by atoms with Crippen molar-refractivity contribution in [3.05, 3.63) is 90.5 Å². The number of anilines is 1. The monoisotopic (exact) mass is 444 g/mol. The Hall–Kier alpha value is -3.14. The fourth-order valence-electron chi connectivity index (χ4n) is 4.08. The molecule has 5 nitrogen and oxygen atoms in total. The van der Waals surface area contributed by atoms with Crippen molar-refractivity contribution in [2.24, 2.45) is 0 Å². The van der Waals surface area contributed by atoms with Gasteiger partial charge in [-0.3, -0.25) is 0 Å². The highest BCUT2D eigenvalue weighted by molar-refractivity contribution is 7.85. The number of hydrogen-bond donors (Lipinski definition) is 0. The third-order valence-corrected chi connectivity index (χ3v) is 8.74. The predicted molar refractivity (Wildman–Crippen MR) is 129 cm³/mol. The number of benzene rings is 3. The lowest BCUT2D eigenvalue weighted by molar-refractivity contribution is 0.121. The van der Waals surface area contributed by atoms with Crippen LogP contribution in [0.5, 0.6) is 0 Å². The minimum atomic E-state index is -3.28. The van der Waals surface area contributed by atoms with E-state index in [0.29, 0.717) is 43.5 Å². The van der Waals surface area contributed by atoms with E-state index >= 15 is 4.57 Å². The molecule has 6 heteroatoms. The van der Waals surface area contributed by atoms with Gasteiger partial charge in [0.15, 0.2) is 12.6 Å². The van der Waals surface area contributed by atoms with Crippen LogP contribution in [0, 0.1) is 6.92 Å². The van der Waals surface area contributed by atoms with Crippen LogP contribution in [0.1, 0.15) is 5.56 Å². The summed E-state index contributed by atoms with van der Waals surface area (Å²) in [7, 11) is -3.28. The molecule has 5 rings (SSSR count). The lowest BCUT2D eigenvalue weighted by atomic mass is 10.1. The van der Waals surface area contributed by atoms with E-state index in [0.717, 1.165) is 21.7 Å². The van der Waals surface area contributed by atoms with Crippen LogP contribution in [0.25, 0.3) is 11.5 Å². The first-order valence-corrected chi connectivity index (χ1v) is 12.5. The molecule has 0 radical (unpaired) electrons. The van der Waals surface area contributed by atoms with Gasteiger partial charge in [0, 0.05) is 29.3 Å². The van der Waals surface area contributed by atoms with Crippen molar-refractivity contribution < 1.29 is 13.7 Å². The van der Waals surface area contributed by atoms with Gasteiger partial charge in [0.25, 0.3) is 0 Å². The summed E-state index contributed by atoms with van der Waals surface area (Å²) in [5.41, 5.74) is 2.46. The van der Waals surface area contributed by atoms with Crippen molar-refractivity contribution in [1.29, 1.82) is 0 Å². The molecule has 0 atom stereocenters. The highest BCUT2D eigenvalue weighted by Gasteiger charge is 2.38. The fraction of sp³-hybridized carbons (Fsp3) is 0.192. The van der Waals surface area contributed by atoms with Gasteiger partial charge in [0.1, 0.15) is 0 Å². The molecule has 1 aliphatic rings. The molecule has 0 saturated carbocycles. The van der Waals surface area contributed by atoms with E-state index < -0.39 is 7.14 Å². The second-order valence-electron chi connectivity index (χ2n) is 7.84. The molecule has 0 unspecified atom stereocenters. The number of ether oxygens (including phenoxy) is 1.